The lowest BCUT2D eigenvalue weighted by atomic mass is 9.83. The summed E-state index contributed by atoms with van der Waals surface area (Å²) in [5, 5.41) is 0.657. The van der Waals surface area contributed by atoms with Crippen LogP contribution in [0.15, 0.2) is 24.3 Å². The third kappa shape index (κ3) is 2.70. The van der Waals surface area contributed by atoms with Crippen LogP contribution in [0.2, 0.25) is 5.02 Å². The number of likely N-dealkylation sites (N-methyl/N-ethyl adjacent to an activating group) is 1. The number of rotatable bonds is 5. The van der Waals surface area contributed by atoms with Crippen molar-refractivity contribution in [2.75, 3.05) is 14.1 Å². The van der Waals surface area contributed by atoms with E-state index in [0.717, 1.165) is 18.4 Å². The summed E-state index contributed by atoms with van der Waals surface area (Å²) in [4.78, 5) is 14.6. The quantitative estimate of drug-likeness (QED) is 0.747. The minimum absolute atomic E-state index is 0.171. The van der Waals surface area contributed by atoms with E-state index < -0.39 is 5.54 Å². The number of benzene rings is 1. The van der Waals surface area contributed by atoms with Crippen molar-refractivity contribution in [1.29, 1.82) is 0 Å². The first-order valence-electron chi connectivity index (χ1n) is 5.95. The van der Waals surface area contributed by atoms with Gasteiger partial charge in [-0.3, -0.25) is 9.69 Å². The van der Waals surface area contributed by atoms with Crippen LogP contribution in [0.3, 0.4) is 0 Å². The molecule has 0 aliphatic heterocycles. The molecule has 2 nitrogen and oxygen atoms in total. The first kappa shape index (κ1) is 14.2. The fourth-order valence-electron chi connectivity index (χ4n) is 2.28. The van der Waals surface area contributed by atoms with Crippen molar-refractivity contribution in [2.24, 2.45) is 0 Å². The summed E-state index contributed by atoms with van der Waals surface area (Å²) in [5.74, 6) is 0.171. The second kappa shape index (κ2) is 5.65. The van der Waals surface area contributed by atoms with Crippen LogP contribution < -0.4 is 0 Å². The third-order valence-corrected chi connectivity index (χ3v) is 3.81. The molecule has 94 valence electrons. The first-order chi connectivity index (χ1) is 7.97. The summed E-state index contributed by atoms with van der Waals surface area (Å²) in [5.41, 5.74) is 0.320. The standard InChI is InChI=1S/C14H20ClNO/c1-5-14(6-2,16(3)4)13(17)11-7-9-12(15)10-8-11/h7-10H,5-6H2,1-4H3. The van der Waals surface area contributed by atoms with Gasteiger partial charge in [0.05, 0.1) is 5.54 Å². The van der Waals surface area contributed by atoms with Gasteiger partial charge in [-0.2, -0.15) is 0 Å². The van der Waals surface area contributed by atoms with Crippen LogP contribution in [-0.4, -0.2) is 30.3 Å². The Morgan fingerprint density at radius 2 is 1.65 bits per heavy atom. The van der Waals surface area contributed by atoms with E-state index in [-0.39, 0.29) is 5.78 Å². The van der Waals surface area contributed by atoms with E-state index in [9.17, 15) is 4.79 Å². The van der Waals surface area contributed by atoms with Gasteiger partial charge in [-0.15, -0.1) is 0 Å². The van der Waals surface area contributed by atoms with Gasteiger partial charge >= 0.3 is 0 Å². The van der Waals surface area contributed by atoms with Crippen molar-refractivity contribution < 1.29 is 4.79 Å². The smallest absolute Gasteiger partial charge is 0.183 e. The van der Waals surface area contributed by atoms with Crippen LogP contribution in [0.4, 0.5) is 0 Å². The molecule has 0 unspecified atom stereocenters. The Labute approximate surface area is 109 Å². The zero-order chi connectivity index (χ0) is 13.1. The second-order valence-corrected chi connectivity index (χ2v) is 4.91. The summed E-state index contributed by atoms with van der Waals surface area (Å²) in [6, 6.07) is 7.13. The van der Waals surface area contributed by atoms with E-state index >= 15 is 0 Å². The number of nitrogens with zero attached hydrogens (tertiary/aromatic N) is 1. The topological polar surface area (TPSA) is 20.3 Å². The lowest BCUT2D eigenvalue weighted by Gasteiger charge is -2.37. The van der Waals surface area contributed by atoms with Crippen molar-refractivity contribution >= 4 is 17.4 Å². The Morgan fingerprint density at radius 3 is 2.00 bits per heavy atom. The number of hydrogen-bond donors (Lipinski definition) is 0. The Hall–Kier alpha value is -0.860. The Morgan fingerprint density at radius 1 is 1.18 bits per heavy atom. The minimum Gasteiger partial charge on any atom is -0.297 e. The van der Waals surface area contributed by atoms with Gasteiger partial charge in [0.25, 0.3) is 0 Å². The molecule has 1 aromatic rings. The number of Topliss-reactive ketones (excluding diaryl/α,β-unsaturated/α-hetero) is 1. The largest absolute Gasteiger partial charge is 0.297 e. The van der Waals surface area contributed by atoms with Crippen molar-refractivity contribution in [3.05, 3.63) is 34.9 Å². The molecule has 0 N–H and O–H groups in total. The number of carbonyl (C=O) groups is 1. The van der Waals surface area contributed by atoms with Gasteiger partial charge in [0.15, 0.2) is 5.78 Å². The molecular weight excluding hydrogens is 234 g/mol. The molecule has 0 aliphatic rings. The fraction of sp³-hybridized carbons (Fsp3) is 0.500. The van der Waals surface area contributed by atoms with E-state index in [1.165, 1.54) is 0 Å². The van der Waals surface area contributed by atoms with Crippen LogP contribution in [-0.2, 0) is 0 Å². The maximum Gasteiger partial charge on any atom is 0.183 e. The molecule has 1 aromatic carbocycles. The lowest BCUT2D eigenvalue weighted by molar-refractivity contribution is 0.0656. The van der Waals surface area contributed by atoms with Gasteiger partial charge in [-0.25, -0.2) is 0 Å². The van der Waals surface area contributed by atoms with Gasteiger partial charge in [0.1, 0.15) is 0 Å². The van der Waals surface area contributed by atoms with Crippen LogP contribution in [0.1, 0.15) is 37.0 Å². The van der Waals surface area contributed by atoms with Gasteiger partial charge in [-0.1, -0.05) is 25.4 Å². The van der Waals surface area contributed by atoms with Crippen LogP contribution in [0, 0.1) is 0 Å². The monoisotopic (exact) mass is 253 g/mol. The molecule has 0 saturated heterocycles. The van der Waals surface area contributed by atoms with Crippen molar-refractivity contribution in [3.63, 3.8) is 0 Å². The normalized spacial score (nSPS) is 11.9. The van der Waals surface area contributed by atoms with Gasteiger partial charge < -0.3 is 0 Å². The van der Waals surface area contributed by atoms with Gasteiger partial charge in [0.2, 0.25) is 0 Å². The molecule has 17 heavy (non-hydrogen) atoms. The summed E-state index contributed by atoms with van der Waals surface area (Å²) in [6.07, 6.45) is 1.61. The van der Waals surface area contributed by atoms with Crippen LogP contribution in [0.25, 0.3) is 0 Å². The number of ketones is 1. The van der Waals surface area contributed by atoms with E-state index in [1.54, 1.807) is 24.3 Å². The van der Waals surface area contributed by atoms with E-state index in [0.29, 0.717) is 5.02 Å². The Kier molecular flexibility index (Phi) is 4.72. The summed E-state index contributed by atoms with van der Waals surface area (Å²) in [6.45, 7) is 4.11. The van der Waals surface area contributed by atoms with E-state index in [2.05, 4.69) is 13.8 Å². The molecule has 0 aromatic heterocycles. The molecular formula is C14H20ClNO. The maximum absolute atomic E-state index is 12.6. The zero-order valence-electron chi connectivity index (χ0n) is 11.0. The summed E-state index contributed by atoms with van der Waals surface area (Å²) >= 11 is 5.84. The highest BCUT2D eigenvalue weighted by atomic mass is 35.5. The van der Waals surface area contributed by atoms with E-state index in [1.807, 2.05) is 19.0 Å². The molecule has 1 rings (SSSR count). The Bertz CT molecular complexity index is 380. The summed E-state index contributed by atoms with van der Waals surface area (Å²) in [7, 11) is 3.92. The molecule has 0 heterocycles. The molecule has 3 heteroatoms. The van der Waals surface area contributed by atoms with Crippen molar-refractivity contribution in [1.82, 2.24) is 4.90 Å². The lowest BCUT2D eigenvalue weighted by Crippen LogP contribution is -2.50. The maximum atomic E-state index is 12.6. The third-order valence-electron chi connectivity index (χ3n) is 3.55. The average molecular weight is 254 g/mol. The van der Waals surface area contributed by atoms with Gasteiger partial charge in [0, 0.05) is 10.6 Å². The average Bonchev–Trinajstić information content (AvgIpc) is 2.31. The molecule has 0 spiro atoms. The number of carbonyl (C=O) groups excluding carboxylic acids is 1. The fourth-order valence-corrected chi connectivity index (χ4v) is 2.40. The highest BCUT2D eigenvalue weighted by Crippen LogP contribution is 2.26. The minimum atomic E-state index is -0.409. The van der Waals surface area contributed by atoms with Crippen molar-refractivity contribution in [3.8, 4) is 0 Å². The first-order valence-corrected chi connectivity index (χ1v) is 6.33. The number of hydrogen-bond acceptors (Lipinski definition) is 2. The molecule has 0 bridgehead atoms. The Balaban J connectivity index is 3.12. The second-order valence-electron chi connectivity index (χ2n) is 4.47. The zero-order valence-corrected chi connectivity index (χ0v) is 11.7. The summed E-state index contributed by atoms with van der Waals surface area (Å²) < 4.78 is 0. The molecule has 0 amide bonds. The van der Waals surface area contributed by atoms with Crippen molar-refractivity contribution in [2.45, 2.75) is 32.2 Å². The SMILES string of the molecule is CCC(CC)(C(=O)c1ccc(Cl)cc1)N(C)C. The predicted molar refractivity (Wildman–Crippen MR) is 72.8 cm³/mol. The van der Waals surface area contributed by atoms with E-state index in [4.69, 9.17) is 11.6 Å². The molecule has 0 aliphatic carbocycles. The highest BCUT2D eigenvalue weighted by Gasteiger charge is 2.37. The van der Waals surface area contributed by atoms with Gasteiger partial charge in [-0.05, 0) is 51.2 Å². The molecule has 0 fully saturated rings. The highest BCUT2D eigenvalue weighted by molar-refractivity contribution is 6.30. The van der Waals surface area contributed by atoms with Crippen LogP contribution >= 0.6 is 11.6 Å². The molecule has 0 radical (unpaired) electrons. The predicted octanol–water partition coefficient (Wildman–Crippen LogP) is 3.64. The van der Waals surface area contributed by atoms with Crippen LogP contribution in [0.5, 0.6) is 0 Å². The molecule has 0 atom stereocenters. The number of halogens is 1. The molecule has 0 saturated carbocycles.